The van der Waals surface area contributed by atoms with E-state index in [0.29, 0.717) is 10.7 Å². The van der Waals surface area contributed by atoms with Gasteiger partial charge in [0, 0.05) is 16.7 Å². The average molecular weight is 444 g/mol. The summed E-state index contributed by atoms with van der Waals surface area (Å²) in [7, 11) is -3.72. The van der Waals surface area contributed by atoms with Crippen molar-refractivity contribution in [2.75, 3.05) is 30.5 Å². The molecule has 0 aromatic rings. The van der Waals surface area contributed by atoms with Crippen LogP contribution < -0.4 is 0 Å². The van der Waals surface area contributed by atoms with E-state index in [-0.39, 0.29) is 19.8 Å². The van der Waals surface area contributed by atoms with E-state index in [0.717, 1.165) is 6.08 Å². The number of phosphoric acid groups is 1. The number of carbonyl (C=O) groups excluding carboxylic acids is 1. The van der Waals surface area contributed by atoms with Gasteiger partial charge in [-0.25, -0.2) is 9.36 Å². The SMILES string of the molecule is C=CC(=O)OC(Cl)COP(=O)(OCCBr)OCCBr. The lowest BCUT2D eigenvalue weighted by molar-refractivity contribution is -0.140. The lowest BCUT2D eigenvalue weighted by Gasteiger charge is -2.18. The average Bonchev–Trinajstić information content (AvgIpc) is 2.41. The molecule has 0 aliphatic rings. The van der Waals surface area contributed by atoms with Crippen LogP contribution in [-0.4, -0.2) is 42.0 Å². The van der Waals surface area contributed by atoms with E-state index in [1.54, 1.807) is 0 Å². The van der Waals surface area contributed by atoms with Crippen molar-refractivity contribution in [3.05, 3.63) is 12.7 Å². The van der Waals surface area contributed by atoms with Crippen molar-refractivity contribution in [3.63, 3.8) is 0 Å². The molecular formula is C9H14Br2ClO6P. The first-order valence-electron chi connectivity index (χ1n) is 5.10. The van der Waals surface area contributed by atoms with Gasteiger partial charge in [-0.2, -0.15) is 0 Å². The predicted molar refractivity (Wildman–Crippen MR) is 79.0 cm³/mol. The van der Waals surface area contributed by atoms with E-state index in [9.17, 15) is 9.36 Å². The number of hydrogen-bond donors (Lipinski definition) is 0. The summed E-state index contributed by atoms with van der Waals surface area (Å²) in [6.45, 7) is 3.16. The highest BCUT2D eigenvalue weighted by atomic mass is 79.9. The fourth-order valence-corrected chi connectivity index (χ4v) is 3.00. The highest BCUT2D eigenvalue weighted by Crippen LogP contribution is 2.49. The molecule has 1 atom stereocenters. The molecule has 0 rings (SSSR count). The molecule has 1 unspecified atom stereocenters. The zero-order chi connectivity index (χ0) is 14.7. The first-order valence-corrected chi connectivity index (χ1v) is 9.24. The summed E-state index contributed by atoms with van der Waals surface area (Å²) in [6, 6.07) is 0. The predicted octanol–water partition coefficient (Wildman–Crippen LogP) is 3.23. The zero-order valence-corrected chi connectivity index (χ0v) is 14.8. The van der Waals surface area contributed by atoms with Gasteiger partial charge in [-0.05, 0) is 0 Å². The Kier molecular flexibility index (Phi) is 11.6. The summed E-state index contributed by atoms with van der Waals surface area (Å²) in [5.74, 6) is -0.707. The molecule has 0 aliphatic carbocycles. The maximum Gasteiger partial charge on any atom is 0.475 e. The number of esters is 1. The van der Waals surface area contributed by atoms with Gasteiger partial charge in [0.1, 0.15) is 6.61 Å². The van der Waals surface area contributed by atoms with Crippen LogP contribution in [0, 0.1) is 0 Å². The second-order valence-corrected chi connectivity index (χ2v) is 6.58. The molecule has 0 aliphatic heterocycles. The van der Waals surface area contributed by atoms with Crippen LogP contribution in [0.1, 0.15) is 0 Å². The third-order valence-electron chi connectivity index (χ3n) is 1.43. The number of phosphoric ester groups is 1. The van der Waals surface area contributed by atoms with Gasteiger partial charge in [-0.3, -0.25) is 13.6 Å². The highest BCUT2D eigenvalue weighted by Gasteiger charge is 2.28. The van der Waals surface area contributed by atoms with Gasteiger partial charge >= 0.3 is 13.8 Å². The molecule has 0 aromatic heterocycles. The molecule has 0 fully saturated rings. The molecule has 0 spiro atoms. The molecule has 0 N–H and O–H groups in total. The monoisotopic (exact) mass is 442 g/mol. The third-order valence-corrected chi connectivity index (χ3v) is 3.75. The van der Waals surface area contributed by atoms with Crippen molar-refractivity contribution >= 4 is 57.3 Å². The quantitative estimate of drug-likeness (QED) is 0.211. The molecule has 0 bridgehead atoms. The molecule has 112 valence electrons. The molecule has 0 saturated carbocycles. The van der Waals surface area contributed by atoms with Gasteiger partial charge in [0.15, 0.2) is 5.56 Å². The number of ether oxygens (including phenoxy) is 1. The summed E-state index contributed by atoms with van der Waals surface area (Å²) >= 11 is 11.9. The van der Waals surface area contributed by atoms with Crippen molar-refractivity contribution in [1.82, 2.24) is 0 Å². The number of hydrogen-bond acceptors (Lipinski definition) is 6. The van der Waals surface area contributed by atoms with Gasteiger partial charge in [-0.15, -0.1) is 0 Å². The van der Waals surface area contributed by atoms with Crippen LogP contribution in [0.15, 0.2) is 12.7 Å². The zero-order valence-electron chi connectivity index (χ0n) is 9.93. The van der Waals surface area contributed by atoms with Gasteiger partial charge in [0.2, 0.25) is 0 Å². The fraction of sp³-hybridized carbons (Fsp3) is 0.667. The Morgan fingerprint density at radius 3 is 2.21 bits per heavy atom. The van der Waals surface area contributed by atoms with Gasteiger partial charge in [0.05, 0.1) is 13.2 Å². The summed E-state index contributed by atoms with van der Waals surface area (Å²) in [5, 5.41) is 0.932. The molecular weight excluding hydrogens is 430 g/mol. The van der Waals surface area contributed by atoms with E-state index >= 15 is 0 Å². The Morgan fingerprint density at radius 2 is 1.79 bits per heavy atom. The molecule has 19 heavy (non-hydrogen) atoms. The second-order valence-electron chi connectivity index (χ2n) is 2.84. The van der Waals surface area contributed by atoms with Gasteiger partial charge < -0.3 is 4.74 Å². The first kappa shape index (κ1) is 19.6. The van der Waals surface area contributed by atoms with E-state index in [1.165, 1.54) is 0 Å². The van der Waals surface area contributed by atoms with Crippen molar-refractivity contribution in [2.45, 2.75) is 5.56 Å². The van der Waals surface area contributed by atoms with Crippen molar-refractivity contribution in [2.24, 2.45) is 0 Å². The van der Waals surface area contributed by atoms with E-state index in [1.807, 2.05) is 0 Å². The van der Waals surface area contributed by atoms with Crippen molar-refractivity contribution < 1.29 is 27.7 Å². The molecule has 0 radical (unpaired) electrons. The first-order chi connectivity index (χ1) is 8.97. The Bertz CT molecular complexity index is 318. The van der Waals surface area contributed by atoms with E-state index in [4.69, 9.17) is 25.2 Å². The maximum absolute atomic E-state index is 12.1. The Morgan fingerprint density at radius 1 is 1.26 bits per heavy atom. The minimum atomic E-state index is -3.72. The number of carbonyl (C=O) groups is 1. The summed E-state index contributed by atoms with van der Waals surface area (Å²) in [6.07, 6.45) is 0.956. The molecule has 6 nitrogen and oxygen atoms in total. The Hall–Kier alpha value is 0.570. The summed E-state index contributed by atoms with van der Waals surface area (Å²) in [5.41, 5.74) is -1.11. The van der Waals surface area contributed by atoms with Crippen LogP contribution in [0.3, 0.4) is 0 Å². The highest BCUT2D eigenvalue weighted by molar-refractivity contribution is 9.09. The van der Waals surface area contributed by atoms with E-state index in [2.05, 4.69) is 43.2 Å². The molecule has 0 heterocycles. The maximum atomic E-state index is 12.1. The number of halogens is 3. The smallest absolute Gasteiger partial charge is 0.440 e. The number of rotatable bonds is 11. The minimum absolute atomic E-state index is 0.138. The lowest BCUT2D eigenvalue weighted by Crippen LogP contribution is -2.17. The van der Waals surface area contributed by atoms with Crippen LogP contribution >= 0.6 is 51.3 Å². The van der Waals surface area contributed by atoms with Crippen LogP contribution in [0.2, 0.25) is 0 Å². The Labute approximate surface area is 133 Å². The molecule has 0 saturated heterocycles. The fourth-order valence-electron chi connectivity index (χ4n) is 0.762. The number of alkyl halides is 3. The topological polar surface area (TPSA) is 71.1 Å². The van der Waals surface area contributed by atoms with Gasteiger partial charge in [0.25, 0.3) is 0 Å². The Balaban J connectivity index is 4.27. The standard InChI is InChI=1S/C9H14Br2ClO6P/c1-2-9(13)18-8(12)7-17-19(14,15-5-3-10)16-6-4-11/h2,8H,1,3-7H2. The van der Waals surface area contributed by atoms with Crippen LogP contribution in [-0.2, 0) is 27.7 Å². The molecule has 0 amide bonds. The normalized spacial score (nSPS) is 13.0. The van der Waals surface area contributed by atoms with Gasteiger partial charge in [-0.1, -0.05) is 50.0 Å². The summed E-state index contributed by atoms with van der Waals surface area (Å²) in [4.78, 5) is 10.9. The summed E-state index contributed by atoms with van der Waals surface area (Å²) < 4.78 is 31.6. The van der Waals surface area contributed by atoms with Crippen LogP contribution in [0.5, 0.6) is 0 Å². The largest absolute Gasteiger partial charge is 0.475 e. The lowest BCUT2D eigenvalue weighted by atomic mass is 10.6. The van der Waals surface area contributed by atoms with Crippen LogP contribution in [0.4, 0.5) is 0 Å². The third kappa shape index (κ3) is 10.0. The second kappa shape index (κ2) is 11.3. The molecule has 10 heteroatoms. The van der Waals surface area contributed by atoms with E-state index < -0.39 is 19.4 Å². The van der Waals surface area contributed by atoms with Crippen molar-refractivity contribution in [3.8, 4) is 0 Å². The van der Waals surface area contributed by atoms with Crippen LogP contribution in [0.25, 0.3) is 0 Å². The molecule has 0 aromatic carbocycles. The minimum Gasteiger partial charge on any atom is -0.440 e. The van der Waals surface area contributed by atoms with Crippen molar-refractivity contribution in [1.29, 1.82) is 0 Å².